The molecule has 4 heterocycles. The molecular weight excluding hydrogens is 416 g/mol. The second kappa shape index (κ2) is 6.41. The number of para-hydroxylation sites is 2. The van der Waals surface area contributed by atoms with E-state index in [1.54, 1.807) is 10.8 Å². The molecule has 162 valence electrons. The number of imidazole rings is 2. The number of aromatic amines is 2. The number of pyridine rings is 1. The Bertz CT molecular complexity index is 1610. The maximum atomic E-state index is 12.9. The molecule has 0 fully saturated rings. The van der Waals surface area contributed by atoms with E-state index in [2.05, 4.69) is 32.4 Å². The number of anilines is 1. The van der Waals surface area contributed by atoms with Gasteiger partial charge in [-0.25, -0.2) is 14.8 Å². The van der Waals surface area contributed by atoms with Crippen molar-refractivity contribution in [3.05, 3.63) is 87.7 Å². The molecule has 1 unspecified atom stereocenters. The zero-order chi connectivity index (χ0) is 22.2. The van der Waals surface area contributed by atoms with Crippen LogP contribution >= 0.6 is 0 Å². The molecule has 2 aliphatic rings. The molecule has 33 heavy (non-hydrogen) atoms. The molecule has 3 aromatic heterocycles. The third-order valence-corrected chi connectivity index (χ3v) is 7.08. The van der Waals surface area contributed by atoms with Crippen molar-refractivity contribution in [2.24, 2.45) is 0 Å². The van der Waals surface area contributed by atoms with Gasteiger partial charge in [0.2, 0.25) is 5.91 Å². The first kappa shape index (κ1) is 18.4. The Labute approximate surface area is 187 Å². The fourth-order valence-electron chi connectivity index (χ4n) is 5.50. The molecule has 8 heteroatoms. The molecule has 1 atom stereocenters. The number of H-pyrrole nitrogens is 2. The molecule has 0 saturated carbocycles. The van der Waals surface area contributed by atoms with Gasteiger partial charge in [-0.1, -0.05) is 18.2 Å². The van der Waals surface area contributed by atoms with Crippen molar-refractivity contribution in [1.29, 1.82) is 0 Å². The summed E-state index contributed by atoms with van der Waals surface area (Å²) in [7, 11) is 0. The maximum Gasteiger partial charge on any atom is 0.326 e. The molecule has 0 radical (unpaired) electrons. The minimum Gasteiger partial charge on any atom is -0.342 e. The Morgan fingerprint density at radius 2 is 1.82 bits per heavy atom. The lowest BCUT2D eigenvalue weighted by atomic mass is 9.79. The SMILES string of the molecule is O=C1Nc2ncccc2C12Cc1cc3nc(CCn4c(=O)[nH]c5ccccc54)[nH]c3cc1C2. The van der Waals surface area contributed by atoms with Gasteiger partial charge in [0.1, 0.15) is 11.6 Å². The number of amides is 1. The summed E-state index contributed by atoms with van der Waals surface area (Å²) in [6.45, 7) is 0.537. The van der Waals surface area contributed by atoms with Crippen molar-refractivity contribution in [3.8, 4) is 0 Å². The van der Waals surface area contributed by atoms with Gasteiger partial charge >= 0.3 is 5.69 Å². The quantitative estimate of drug-likeness (QED) is 0.404. The van der Waals surface area contributed by atoms with Gasteiger partial charge < -0.3 is 15.3 Å². The van der Waals surface area contributed by atoms with Crippen molar-refractivity contribution >= 4 is 33.8 Å². The van der Waals surface area contributed by atoms with Crippen molar-refractivity contribution in [1.82, 2.24) is 24.5 Å². The fraction of sp³-hybridized carbons (Fsp3) is 0.200. The van der Waals surface area contributed by atoms with Gasteiger partial charge in [0.25, 0.3) is 0 Å². The molecule has 1 aliphatic carbocycles. The molecule has 2 aromatic carbocycles. The lowest BCUT2D eigenvalue weighted by Gasteiger charge is -2.20. The van der Waals surface area contributed by atoms with Crippen LogP contribution in [-0.4, -0.2) is 30.4 Å². The maximum absolute atomic E-state index is 12.9. The lowest BCUT2D eigenvalue weighted by Crippen LogP contribution is -2.35. The van der Waals surface area contributed by atoms with Crippen LogP contribution in [0.4, 0.5) is 5.82 Å². The number of fused-ring (bicyclic) bond motifs is 5. The van der Waals surface area contributed by atoms with Crippen LogP contribution in [0.25, 0.3) is 22.1 Å². The van der Waals surface area contributed by atoms with Crippen LogP contribution in [0, 0.1) is 0 Å². The predicted octanol–water partition coefficient (Wildman–Crippen LogP) is 2.83. The summed E-state index contributed by atoms with van der Waals surface area (Å²) < 4.78 is 1.75. The average Bonchev–Trinajstić information content (AvgIpc) is 3.53. The molecule has 7 rings (SSSR count). The highest BCUT2D eigenvalue weighted by atomic mass is 16.2. The third-order valence-electron chi connectivity index (χ3n) is 7.08. The van der Waals surface area contributed by atoms with Crippen LogP contribution in [0.2, 0.25) is 0 Å². The zero-order valence-corrected chi connectivity index (χ0v) is 17.7. The van der Waals surface area contributed by atoms with Crippen molar-refractivity contribution < 1.29 is 4.79 Å². The van der Waals surface area contributed by atoms with E-state index in [9.17, 15) is 9.59 Å². The van der Waals surface area contributed by atoms with E-state index in [0.717, 1.165) is 44.6 Å². The highest BCUT2D eigenvalue weighted by Crippen LogP contribution is 2.47. The summed E-state index contributed by atoms with van der Waals surface area (Å²) in [6.07, 6.45) is 3.63. The summed E-state index contributed by atoms with van der Waals surface area (Å²) in [6, 6.07) is 15.8. The minimum atomic E-state index is -0.579. The van der Waals surface area contributed by atoms with Gasteiger partial charge in [0, 0.05) is 24.7 Å². The van der Waals surface area contributed by atoms with Crippen molar-refractivity contribution in [3.63, 3.8) is 0 Å². The first-order valence-corrected chi connectivity index (χ1v) is 11.1. The lowest BCUT2D eigenvalue weighted by molar-refractivity contribution is -0.120. The number of carbonyl (C=O) groups excluding carboxylic acids is 1. The molecule has 0 bridgehead atoms. The fourth-order valence-corrected chi connectivity index (χ4v) is 5.50. The number of nitrogens with zero attached hydrogens (tertiary/aromatic N) is 3. The van der Waals surface area contributed by atoms with Gasteiger partial charge in [0.15, 0.2) is 0 Å². The molecular formula is C25H20N6O2. The number of carbonyl (C=O) groups is 1. The molecule has 8 nitrogen and oxygen atoms in total. The second-order valence-corrected chi connectivity index (χ2v) is 8.96. The van der Waals surface area contributed by atoms with Gasteiger partial charge in [0.05, 0.1) is 27.5 Å². The van der Waals surface area contributed by atoms with Gasteiger partial charge in [-0.2, -0.15) is 0 Å². The Kier molecular flexibility index (Phi) is 3.57. The van der Waals surface area contributed by atoms with Gasteiger partial charge in [-0.05, 0) is 54.3 Å². The van der Waals surface area contributed by atoms with Gasteiger partial charge in [-0.3, -0.25) is 9.36 Å². The predicted molar refractivity (Wildman–Crippen MR) is 124 cm³/mol. The molecule has 1 spiro atoms. The van der Waals surface area contributed by atoms with E-state index >= 15 is 0 Å². The Morgan fingerprint density at radius 1 is 0.970 bits per heavy atom. The Balaban J connectivity index is 1.19. The third kappa shape index (κ3) is 2.57. The van der Waals surface area contributed by atoms with Crippen LogP contribution in [0.15, 0.2) is 59.5 Å². The number of rotatable bonds is 3. The minimum absolute atomic E-state index is 0.0221. The van der Waals surface area contributed by atoms with Crippen LogP contribution in [0.1, 0.15) is 22.5 Å². The molecule has 0 saturated heterocycles. The van der Waals surface area contributed by atoms with Crippen LogP contribution in [0.5, 0.6) is 0 Å². The summed E-state index contributed by atoms with van der Waals surface area (Å²) in [5.74, 6) is 1.54. The van der Waals surface area contributed by atoms with Crippen molar-refractivity contribution in [2.45, 2.75) is 31.2 Å². The Morgan fingerprint density at radius 3 is 2.73 bits per heavy atom. The summed E-state index contributed by atoms with van der Waals surface area (Å²) in [5.41, 5.74) is 6.18. The number of nitrogens with one attached hydrogen (secondary N) is 3. The molecule has 5 aromatic rings. The number of aromatic nitrogens is 5. The summed E-state index contributed by atoms with van der Waals surface area (Å²) in [5, 5.41) is 2.95. The van der Waals surface area contributed by atoms with E-state index in [4.69, 9.17) is 4.98 Å². The van der Waals surface area contributed by atoms with E-state index < -0.39 is 5.41 Å². The molecule has 1 amide bonds. The monoisotopic (exact) mass is 436 g/mol. The molecule has 1 aliphatic heterocycles. The normalized spacial score (nSPS) is 15.9. The van der Waals surface area contributed by atoms with Crippen LogP contribution < -0.4 is 11.0 Å². The first-order chi connectivity index (χ1) is 16.1. The average molecular weight is 436 g/mol. The highest BCUT2D eigenvalue weighted by molar-refractivity contribution is 6.06. The van der Waals surface area contributed by atoms with E-state index in [1.165, 1.54) is 0 Å². The van der Waals surface area contributed by atoms with Gasteiger partial charge in [-0.15, -0.1) is 0 Å². The van der Waals surface area contributed by atoms with Crippen LogP contribution in [0.3, 0.4) is 0 Å². The number of hydrogen-bond donors (Lipinski definition) is 3. The zero-order valence-electron chi connectivity index (χ0n) is 17.7. The topological polar surface area (TPSA) is 108 Å². The number of hydrogen-bond acceptors (Lipinski definition) is 4. The van der Waals surface area contributed by atoms with E-state index in [1.807, 2.05) is 36.4 Å². The standard InChI is InChI=1S/C25H20N6O2/c32-23-25(16-4-3-8-26-22(16)30-23)12-14-10-18-19(11-15(14)13-25)28-21(27-18)7-9-31-20-6-2-1-5-17(20)29-24(31)33/h1-6,8,10-11H,7,9,12-13H2,(H,27,28)(H,29,33)(H,26,30,32). The van der Waals surface area contributed by atoms with E-state index in [0.29, 0.717) is 31.6 Å². The second-order valence-electron chi connectivity index (χ2n) is 8.96. The van der Waals surface area contributed by atoms with Crippen LogP contribution in [-0.2, 0) is 36.0 Å². The number of aryl methyl sites for hydroxylation is 2. The first-order valence-electron chi connectivity index (χ1n) is 11.1. The van der Waals surface area contributed by atoms with Crippen molar-refractivity contribution in [2.75, 3.05) is 5.32 Å². The largest absolute Gasteiger partial charge is 0.342 e. The molecule has 3 N–H and O–H groups in total. The summed E-state index contributed by atoms with van der Waals surface area (Å²) >= 11 is 0. The smallest absolute Gasteiger partial charge is 0.326 e. The Hall–Kier alpha value is -4.20. The van der Waals surface area contributed by atoms with E-state index in [-0.39, 0.29) is 11.6 Å². The number of benzene rings is 2. The highest BCUT2D eigenvalue weighted by Gasteiger charge is 2.51. The summed E-state index contributed by atoms with van der Waals surface area (Å²) in [4.78, 5) is 40.7.